The highest BCUT2D eigenvalue weighted by Gasteiger charge is 2.30. The zero-order valence-corrected chi connectivity index (χ0v) is 17.0. The zero-order chi connectivity index (χ0) is 21.2. The molecule has 1 fully saturated rings. The Balaban J connectivity index is 2.04. The van der Waals surface area contributed by atoms with Gasteiger partial charge in [-0.05, 0) is 18.9 Å². The predicted molar refractivity (Wildman–Crippen MR) is 109 cm³/mol. The summed E-state index contributed by atoms with van der Waals surface area (Å²) in [5.74, 6) is -0.269. The number of rotatable bonds is 6. The molecule has 0 aromatic carbocycles. The molecule has 1 aliphatic rings. The van der Waals surface area contributed by atoms with Crippen molar-refractivity contribution in [2.24, 2.45) is 10.3 Å². The van der Waals surface area contributed by atoms with Crippen molar-refractivity contribution in [1.29, 1.82) is 0 Å². The Kier molecular flexibility index (Phi) is 5.64. The zero-order valence-electron chi connectivity index (χ0n) is 16.2. The molecule has 11 nitrogen and oxygen atoms in total. The van der Waals surface area contributed by atoms with Gasteiger partial charge in [0.2, 0.25) is 5.91 Å². The molecule has 12 heteroatoms. The van der Waals surface area contributed by atoms with Crippen molar-refractivity contribution in [1.82, 2.24) is 20.5 Å². The number of nitrogens with two attached hydrogens (primary N) is 1. The van der Waals surface area contributed by atoms with E-state index in [1.54, 1.807) is 0 Å². The van der Waals surface area contributed by atoms with Gasteiger partial charge in [-0.3, -0.25) is 9.59 Å². The number of carbonyl (C=O) groups excluding carboxylic acids is 2. The van der Waals surface area contributed by atoms with E-state index in [0.29, 0.717) is 5.69 Å². The molecule has 29 heavy (non-hydrogen) atoms. The summed E-state index contributed by atoms with van der Waals surface area (Å²) < 4.78 is 16.7. The minimum atomic E-state index is -2.78. The van der Waals surface area contributed by atoms with Gasteiger partial charge < -0.3 is 21.7 Å². The van der Waals surface area contributed by atoms with Crippen LogP contribution < -0.4 is 21.7 Å². The Morgan fingerprint density at radius 3 is 2.62 bits per heavy atom. The number of amides is 2. The molecule has 1 aliphatic carbocycles. The third-order valence-corrected chi connectivity index (χ3v) is 6.14. The van der Waals surface area contributed by atoms with E-state index in [1.807, 2.05) is 0 Å². The number of nitrogen functional groups attached to an aromatic ring is 1. The summed E-state index contributed by atoms with van der Waals surface area (Å²) in [6, 6.07) is 2.98. The van der Waals surface area contributed by atoms with Gasteiger partial charge >= 0.3 is 0 Å². The number of hydrogen-bond donors (Lipinski definition) is 4. The lowest BCUT2D eigenvalue weighted by Gasteiger charge is -2.15. The monoisotopic (exact) mass is 418 g/mol. The van der Waals surface area contributed by atoms with E-state index in [1.165, 1.54) is 38.7 Å². The highest BCUT2D eigenvalue weighted by Crippen LogP contribution is 2.31. The molecule has 1 saturated carbocycles. The lowest BCUT2D eigenvalue weighted by molar-refractivity contribution is -0.117. The van der Waals surface area contributed by atoms with Crippen LogP contribution in [0.2, 0.25) is 0 Å². The lowest BCUT2D eigenvalue weighted by atomic mass is 10.2. The maximum absolute atomic E-state index is 12.8. The van der Waals surface area contributed by atoms with Gasteiger partial charge in [0, 0.05) is 32.3 Å². The molecule has 2 amide bonds. The molecule has 2 aromatic rings. The summed E-state index contributed by atoms with van der Waals surface area (Å²) in [4.78, 5) is 28.7. The van der Waals surface area contributed by atoms with E-state index >= 15 is 0 Å². The van der Waals surface area contributed by atoms with Crippen LogP contribution >= 0.6 is 0 Å². The molecule has 0 radical (unpaired) electrons. The Morgan fingerprint density at radius 2 is 2.00 bits per heavy atom. The average molecular weight is 418 g/mol. The highest BCUT2D eigenvalue weighted by molar-refractivity contribution is 7.93. The van der Waals surface area contributed by atoms with Crippen LogP contribution in [-0.4, -0.2) is 51.6 Å². The summed E-state index contributed by atoms with van der Waals surface area (Å²) in [5, 5.41) is 15.9. The molecule has 154 valence electrons. The molecule has 2 heterocycles. The van der Waals surface area contributed by atoms with Gasteiger partial charge in [-0.1, -0.05) is 0 Å². The fourth-order valence-corrected chi connectivity index (χ4v) is 3.49. The van der Waals surface area contributed by atoms with Gasteiger partial charge in [0.05, 0.1) is 32.2 Å². The summed E-state index contributed by atoms with van der Waals surface area (Å²) in [6.45, 7) is 0. The van der Waals surface area contributed by atoms with Gasteiger partial charge in [0.15, 0.2) is 11.5 Å². The van der Waals surface area contributed by atoms with E-state index in [-0.39, 0.29) is 39.7 Å². The van der Waals surface area contributed by atoms with Crippen LogP contribution in [0, 0.1) is 5.92 Å². The third-order valence-electron chi connectivity index (χ3n) is 4.32. The molecule has 5 N–H and O–H groups in total. The Hall–Kier alpha value is -3.28. The topological polar surface area (TPSA) is 164 Å². The maximum atomic E-state index is 12.8. The lowest BCUT2D eigenvalue weighted by Crippen LogP contribution is -2.23. The molecule has 3 rings (SSSR count). The fourth-order valence-electron chi connectivity index (χ4n) is 2.48. The molecule has 1 unspecified atom stereocenters. The van der Waals surface area contributed by atoms with Gasteiger partial charge in [-0.2, -0.15) is 0 Å². The first-order valence-electron chi connectivity index (χ1n) is 8.78. The normalized spacial score (nSPS) is 15.1. The second-order valence-corrected chi connectivity index (χ2v) is 8.97. The molecule has 1 atom stereocenters. The predicted octanol–water partition coefficient (Wildman–Crippen LogP) is 0.992. The van der Waals surface area contributed by atoms with Gasteiger partial charge in [-0.25, -0.2) is 13.6 Å². The second-order valence-electron chi connectivity index (χ2n) is 6.56. The number of nitrogens with one attached hydrogen (secondary N) is 3. The quantitative estimate of drug-likeness (QED) is 0.539. The summed E-state index contributed by atoms with van der Waals surface area (Å²) in [7, 11) is 0.113. The van der Waals surface area contributed by atoms with Crippen molar-refractivity contribution in [2.75, 3.05) is 36.7 Å². The third kappa shape index (κ3) is 4.59. The molecule has 0 bridgehead atoms. The van der Waals surface area contributed by atoms with Crippen molar-refractivity contribution in [3.8, 4) is 0 Å². The Bertz CT molecular complexity index is 1090. The van der Waals surface area contributed by atoms with Crippen LogP contribution in [0.4, 0.5) is 23.0 Å². The van der Waals surface area contributed by atoms with E-state index in [0.717, 1.165) is 12.8 Å². The Labute approximate surface area is 168 Å². The van der Waals surface area contributed by atoms with Crippen LogP contribution in [0.25, 0.3) is 0 Å². The summed E-state index contributed by atoms with van der Waals surface area (Å²) in [5.41, 5.74) is 6.33. The molecule has 2 aromatic heterocycles. The molecule has 0 aliphatic heterocycles. The number of aromatic nitrogens is 3. The maximum Gasteiger partial charge on any atom is 0.273 e. The van der Waals surface area contributed by atoms with Gasteiger partial charge in [-0.15, -0.1) is 10.2 Å². The van der Waals surface area contributed by atoms with Crippen LogP contribution in [0.15, 0.2) is 27.6 Å². The van der Waals surface area contributed by atoms with E-state index in [2.05, 4.69) is 35.5 Å². The standard InChI is InChI=1S/C17H22N8O3S/c1-19-17(27)14-11(7-13(24-25-14)23-16(26)9-4-5-9)22-15-12(29(3,28)20-2)6-10(18)8-21-15/h6-9H,4-5,18H2,1-3H3,(H,19,27)(H2,21,22,23,24,26). The molecule has 0 saturated heterocycles. The number of anilines is 4. The first kappa shape index (κ1) is 20.5. The number of pyridine rings is 1. The van der Waals surface area contributed by atoms with Crippen molar-refractivity contribution in [3.05, 3.63) is 24.0 Å². The van der Waals surface area contributed by atoms with Crippen LogP contribution in [0.1, 0.15) is 23.3 Å². The smallest absolute Gasteiger partial charge is 0.273 e. The van der Waals surface area contributed by atoms with Crippen molar-refractivity contribution in [2.45, 2.75) is 17.7 Å². The SMILES string of the molecule is CN=S(C)(=O)c1cc(N)cnc1Nc1cc(NC(=O)C2CC2)nnc1C(=O)NC. The molecular weight excluding hydrogens is 396 g/mol. The minimum absolute atomic E-state index is 0.0162. The number of carbonyl (C=O) groups is 2. The largest absolute Gasteiger partial charge is 0.397 e. The van der Waals surface area contributed by atoms with Crippen LogP contribution in [0.5, 0.6) is 0 Å². The van der Waals surface area contributed by atoms with Crippen LogP contribution in [0.3, 0.4) is 0 Å². The molecule has 0 spiro atoms. The molecular formula is C17H22N8O3S. The van der Waals surface area contributed by atoms with E-state index < -0.39 is 15.6 Å². The minimum Gasteiger partial charge on any atom is -0.397 e. The summed E-state index contributed by atoms with van der Waals surface area (Å²) >= 11 is 0. The van der Waals surface area contributed by atoms with Gasteiger partial charge in [0.1, 0.15) is 5.82 Å². The van der Waals surface area contributed by atoms with Crippen molar-refractivity contribution >= 4 is 44.6 Å². The average Bonchev–Trinajstić information content (AvgIpc) is 3.54. The van der Waals surface area contributed by atoms with Gasteiger partial charge in [0.25, 0.3) is 5.91 Å². The first-order chi connectivity index (χ1) is 13.7. The highest BCUT2D eigenvalue weighted by atomic mass is 32.2. The van der Waals surface area contributed by atoms with E-state index in [4.69, 9.17) is 5.73 Å². The van der Waals surface area contributed by atoms with Crippen molar-refractivity contribution in [3.63, 3.8) is 0 Å². The van der Waals surface area contributed by atoms with Crippen molar-refractivity contribution < 1.29 is 13.8 Å². The second kappa shape index (κ2) is 7.99. The Morgan fingerprint density at radius 1 is 1.28 bits per heavy atom. The van der Waals surface area contributed by atoms with Crippen LogP contribution in [-0.2, 0) is 14.5 Å². The fraction of sp³-hybridized carbons (Fsp3) is 0.353. The summed E-state index contributed by atoms with van der Waals surface area (Å²) in [6.07, 6.45) is 4.52. The first-order valence-corrected chi connectivity index (χ1v) is 10.7. The number of nitrogens with zero attached hydrogens (tertiary/aromatic N) is 4. The van der Waals surface area contributed by atoms with E-state index in [9.17, 15) is 13.8 Å². The number of hydrogen-bond acceptors (Lipinski definition) is 9.